The van der Waals surface area contributed by atoms with Crippen LogP contribution in [0.2, 0.25) is 0 Å². The molecule has 1 amide bonds. The Morgan fingerprint density at radius 2 is 1.80 bits per heavy atom. The third kappa shape index (κ3) is 3.84. The van der Waals surface area contributed by atoms with Crippen LogP contribution in [-0.4, -0.2) is 5.91 Å². The van der Waals surface area contributed by atoms with Crippen LogP contribution in [0.15, 0.2) is 30.3 Å². The molecule has 1 unspecified atom stereocenters. The molecule has 0 bridgehead atoms. The minimum atomic E-state index is -0.882. The molecule has 0 radical (unpaired) electrons. The number of hydrogen-bond acceptors (Lipinski definition) is 2. The predicted octanol–water partition coefficient (Wildman–Crippen LogP) is 3.97. The zero-order valence-electron chi connectivity index (χ0n) is 12.6. The van der Waals surface area contributed by atoms with Crippen LogP contribution in [0, 0.1) is 16.7 Å². The number of amides is 1. The lowest BCUT2D eigenvalue weighted by Gasteiger charge is -2.27. The van der Waals surface area contributed by atoms with Gasteiger partial charge in [0.05, 0.1) is 12.1 Å². The highest BCUT2D eigenvalue weighted by Gasteiger charge is 2.37. The smallest absolute Gasteiger partial charge is 0.240 e. The lowest BCUT2D eigenvalue weighted by atomic mass is 9.79. The van der Waals surface area contributed by atoms with Crippen molar-refractivity contribution in [2.75, 3.05) is 0 Å². The molecule has 1 aromatic carbocycles. The Kier molecular flexibility index (Phi) is 6.24. The maximum absolute atomic E-state index is 12.5. The van der Waals surface area contributed by atoms with Gasteiger partial charge in [-0.3, -0.25) is 4.79 Å². The normalized spacial score (nSPS) is 12.5. The molecule has 1 atom stereocenters. The molecule has 0 heterocycles. The highest BCUT2D eigenvalue weighted by molar-refractivity contribution is 5.85. The van der Waals surface area contributed by atoms with E-state index in [2.05, 4.69) is 11.4 Å². The van der Waals surface area contributed by atoms with E-state index >= 15 is 0 Å². The van der Waals surface area contributed by atoms with E-state index in [1.165, 1.54) is 0 Å². The number of nitrogens with zero attached hydrogens (tertiary/aromatic N) is 1. The monoisotopic (exact) mass is 272 g/mol. The highest BCUT2D eigenvalue weighted by atomic mass is 16.2. The van der Waals surface area contributed by atoms with Crippen molar-refractivity contribution >= 4 is 5.91 Å². The molecule has 1 N–H and O–H groups in total. The van der Waals surface area contributed by atoms with Crippen molar-refractivity contribution in [3.8, 4) is 6.07 Å². The minimum absolute atomic E-state index is 0.0786. The van der Waals surface area contributed by atoms with Crippen molar-refractivity contribution in [3.63, 3.8) is 0 Å². The zero-order chi connectivity index (χ0) is 15.0. The third-order valence-electron chi connectivity index (χ3n) is 3.65. The highest BCUT2D eigenvalue weighted by Crippen LogP contribution is 2.30. The summed E-state index contributed by atoms with van der Waals surface area (Å²) in [6.07, 6.45) is 2.90. The van der Waals surface area contributed by atoms with Gasteiger partial charge in [0.25, 0.3) is 0 Å². The van der Waals surface area contributed by atoms with Gasteiger partial charge < -0.3 is 5.32 Å². The Bertz CT molecular complexity index is 456. The van der Waals surface area contributed by atoms with E-state index in [0.717, 1.165) is 18.4 Å². The van der Waals surface area contributed by atoms with Crippen LogP contribution in [0.25, 0.3) is 0 Å². The van der Waals surface area contributed by atoms with Gasteiger partial charge in [-0.2, -0.15) is 5.26 Å². The SMILES string of the molecule is CCCC(C#N)(CCC)C(=O)NC(C)c1ccccc1. The largest absolute Gasteiger partial charge is 0.348 e. The topological polar surface area (TPSA) is 52.9 Å². The first-order valence-electron chi connectivity index (χ1n) is 7.36. The summed E-state index contributed by atoms with van der Waals surface area (Å²) in [4.78, 5) is 12.5. The molecule has 0 fully saturated rings. The summed E-state index contributed by atoms with van der Waals surface area (Å²) in [5.41, 5.74) is 0.174. The number of nitrogens with one attached hydrogen (secondary N) is 1. The molecule has 0 aliphatic carbocycles. The van der Waals surface area contributed by atoms with E-state index < -0.39 is 5.41 Å². The first-order chi connectivity index (χ1) is 9.59. The van der Waals surface area contributed by atoms with Crippen LogP contribution in [0.3, 0.4) is 0 Å². The van der Waals surface area contributed by atoms with E-state index in [4.69, 9.17) is 0 Å². The van der Waals surface area contributed by atoms with E-state index in [1.807, 2.05) is 51.1 Å². The van der Waals surface area contributed by atoms with E-state index in [0.29, 0.717) is 12.8 Å². The van der Waals surface area contributed by atoms with Crippen LogP contribution in [0.5, 0.6) is 0 Å². The van der Waals surface area contributed by atoms with Gasteiger partial charge in [-0.25, -0.2) is 0 Å². The van der Waals surface area contributed by atoms with E-state index in [-0.39, 0.29) is 11.9 Å². The van der Waals surface area contributed by atoms with Crippen LogP contribution >= 0.6 is 0 Å². The Morgan fingerprint density at radius 1 is 1.25 bits per heavy atom. The average Bonchev–Trinajstić information content (AvgIpc) is 2.47. The summed E-state index contributed by atoms with van der Waals surface area (Å²) in [5, 5.41) is 12.5. The van der Waals surface area contributed by atoms with Gasteiger partial charge in [0.2, 0.25) is 5.91 Å². The fraction of sp³-hybridized carbons (Fsp3) is 0.529. The van der Waals surface area contributed by atoms with Gasteiger partial charge in [0.1, 0.15) is 5.41 Å². The summed E-state index contributed by atoms with van der Waals surface area (Å²) in [6.45, 7) is 5.97. The van der Waals surface area contributed by atoms with Crippen LogP contribution in [-0.2, 0) is 4.79 Å². The van der Waals surface area contributed by atoms with Crippen LogP contribution in [0.1, 0.15) is 58.1 Å². The van der Waals surface area contributed by atoms with Crippen molar-refractivity contribution in [3.05, 3.63) is 35.9 Å². The first kappa shape index (κ1) is 16.2. The molecular formula is C17H24N2O. The molecule has 1 aromatic rings. The second kappa shape index (κ2) is 7.69. The van der Waals surface area contributed by atoms with Gasteiger partial charge >= 0.3 is 0 Å². The minimum Gasteiger partial charge on any atom is -0.348 e. The second-order valence-electron chi connectivity index (χ2n) is 5.30. The van der Waals surface area contributed by atoms with Crippen molar-refractivity contribution in [1.29, 1.82) is 5.26 Å². The van der Waals surface area contributed by atoms with Gasteiger partial charge in [-0.15, -0.1) is 0 Å². The number of nitriles is 1. The van der Waals surface area contributed by atoms with Gasteiger partial charge in [-0.1, -0.05) is 57.0 Å². The molecule has 0 aliphatic rings. The fourth-order valence-electron chi connectivity index (χ4n) is 2.53. The number of carbonyl (C=O) groups excluding carboxylic acids is 1. The van der Waals surface area contributed by atoms with Gasteiger partial charge in [0.15, 0.2) is 0 Å². The molecule has 0 spiro atoms. The van der Waals surface area contributed by atoms with Crippen LogP contribution < -0.4 is 5.32 Å². The number of rotatable bonds is 7. The van der Waals surface area contributed by atoms with Crippen molar-refractivity contribution in [2.45, 2.75) is 52.5 Å². The molecular weight excluding hydrogens is 248 g/mol. The van der Waals surface area contributed by atoms with Crippen molar-refractivity contribution in [2.24, 2.45) is 5.41 Å². The van der Waals surface area contributed by atoms with Crippen molar-refractivity contribution in [1.82, 2.24) is 5.32 Å². The Morgan fingerprint density at radius 3 is 2.25 bits per heavy atom. The Labute approximate surface area is 122 Å². The summed E-state index contributed by atoms with van der Waals surface area (Å²) >= 11 is 0. The Balaban J connectivity index is 2.84. The zero-order valence-corrected chi connectivity index (χ0v) is 12.6. The molecule has 0 aromatic heterocycles. The molecule has 20 heavy (non-hydrogen) atoms. The molecule has 3 heteroatoms. The number of hydrogen-bond donors (Lipinski definition) is 1. The Hall–Kier alpha value is -1.82. The predicted molar refractivity (Wildman–Crippen MR) is 80.9 cm³/mol. The maximum Gasteiger partial charge on any atom is 0.240 e. The summed E-state index contributed by atoms with van der Waals surface area (Å²) in [6, 6.07) is 12.0. The fourth-order valence-corrected chi connectivity index (χ4v) is 2.53. The lowest BCUT2D eigenvalue weighted by molar-refractivity contribution is -0.129. The molecule has 0 saturated carbocycles. The molecule has 108 valence electrons. The summed E-state index contributed by atoms with van der Waals surface area (Å²) in [5.74, 6) is -0.139. The maximum atomic E-state index is 12.5. The standard InChI is InChI=1S/C17H24N2O/c1-4-11-17(13-18,12-5-2)16(20)19-14(3)15-9-7-6-8-10-15/h6-10,14H,4-5,11-12H2,1-3H3,(H,19,20). The second-order valence-corrected chi connectivity index (χ2v) is 5.30. The molecule has 3 nitrogen and oxygen atoms in total. The third-order valence-corrected chi connectivity index (χ3v) is 3.65. The number of benzene rings is 1. The van der Waals surface area contributed by atoms with Gasteiger partial charge in [0, 0.05) is 0 Å². The summed E-state index contributed by atoms with van der Waals surface area (Å²) < 4.78 is 0. The number of carbonyl (C=O) groups is 1. The van der Waals surface area contributed by atoms with Crippen molar-refractivity contribution < 1.29 is 4.79 Å². The molecule has 1 rings (SSSR count). The molecule has 0 aliphatic heterocycles. The first-order valence-corrected chi connectivity index (χ1v) is 7.36. The van der Waals surface area contributed by atoms with Gasteiger partial charge in [-0.05, 0) is 25.3 Å². The quantitative estimate of drug-likeness (QED) is 0.816. The lowest BCUT2D eigenvalue weighted by Crippen LogP contribution is -2.41. The van der Waals surface area contributed by atoms with E-state index in [1.54, 1.807) is 0 Å². The van der Waals surface area contributed by atoms with E-state index in [9.17, 15) is 10.1 Å². The summed E-state index contributed by atoms with van der Waals surface area (Å²) in [7, 11) is 0. The molecule has 0 saturated heterocycles. The van der Waals surface area contributed by atoms with Crippen LogP contribution in [0.4, 0.5) is 0 Å². The average molecular weight is 272 g/mol.